The van der Waals surface area contributed by atoms with E-state index < -0.39 is 11.9 Å². The summed E-state index contributed by atoms with van der Waals surface area (Å²) in [5.41, 5.74) is 12.0. The summed E-state index contributed by atoms with van der Waals surface area (Å²) in [7, 11) is 0. The number of hydrogen-bond donors (Lipinski definition) is 3. The molecule has 4 N–H and O–H groups in total. The minimum absolute atomic E-state index is 0.206. The van der Waals surface area contributed by atoms with Gasteiger partial charge in [-0.1, -0.05) is 49.9 Å². The monoisotopic (exact) mass is 453 g/mol. The first-order valence-electron chi connectivity index (χ1n) is 10.3. The van der Waals surface area contributed by atoms with E-state index in [1.165, 1.54) is 10.2 Å². The van der Waals surface area contributed by atoms with Crippen molar-refractivity contribution in [1.82, 2.24) is 14.9 Å². The molecule has 1 atom stereocenters. The van der Waals surface area contributed by atoms with Crippen molar-refractivity contribution in [2.75, 3.05) is 16.9 Å². The molecule has 0 saturated heterocycles. The number of aromatic nitrogens is 3. The van der Waals surface area contributed by atoms with Gasteiger partial charge in [0.25, 0.3) is 0 Å². The summed E-state index contributed by atoms with van der Waals surface area (Å²) in [5, 5.41) is 17.6. The van der Waals surface area contributed by atoms with Gasteiger partial charge in [-0.2, -0.15) is 0 Å². The van der Waals surface area contributed by atoms with Crippen LogP contribution < -0.4 is 11.2 Å². The number of hydrogen-bond acceptors (Lipinski definition) is 6. The average Bonchev–Trinajstić information content (AvgIpc) is 3.14. The fraction of sp³-hybridized carbons (Fsp3) is 0.304. The van der Waals surface area contributed by atoms with E-state index in [0.29, 0.717) is 23.0 Å². The lowest BCUT2D eigenvalue weighted by Gasteiger charge is -2.16. The third-order valence-electron chi connectivity index (χ3n) is 4.87. The second-order valence-electron chi connectivity index (χ2n) is 7.98. The van der Waals surface area contributed by atoms with Gasteiger partial charge in [-0.05, 0) is 54.7 Å². The molecule has 0 aliphatic rings. The molecule has 1 amide bonds. The number of anilines is 1. The van der Waals surface area contributed by atoms with Crippen LogP contribution in [0.5, 0.6) is 0 Å². The second kappa shape index (κ2) is 10.3. The fourth-order valence-corrected chi connectivity index (χ4v) is 3.79. The summed E-state index contributed by atoms with van der Waals surface area (Å²) in [6.45, 7) is 6.16. The Balaban J connectivity index is 1.84. The number of benzene rings is 2. The number of nitrogens with one attached hydrogen (secondary N) is 1. The number of amides is 1. The fourth-order valence-electron chi connectivity index (χ4n) is 3.18. The zero-order chi connectivity index (χ0) is 23.3. The van der Waals surface area contributed by atoms with Crippen molar-refractivity contribution in [3.63, 3.8) is 0 Å². The standard InChI is InChI=1S/C23H27N5O3S/c1-14(2)12-16-4-6-17(7-5-16)15(3)22(31)27-28-21(18-8-10-19(24)11-9-18)25-26-23(28)32-13-20(29)30/h4-11,14-15H,12-13,24H2,1-3H3,(H,27,31)(H,29,30). The number of carboxylic acid groups (broad SMARTS) is 1. The molecule has 0 fully saturated rings. The predicted molar refractivity (Wildman–Crippen MR) is 126 cm³/mol. The highest BCUT2D eigenvalue weighted by Gasteiger charge is 2.21. The van der Waals surface area contributed by atoms with Crippen molar-refractivity contribution in [3.8, 4) is 11.4 Å². The van der Waals surface area contributed by atoms with E-state index in [4.69, 9.17) is 10.8 Å². The Morgan fingerprint density at radius 1 is 1.06 bits per heavy atom. The van der Waals surface area contributed by atoms with E-state index in [-0.39, 0.29) is 16.8 Å². The normalized spacial score (nSPS) is 12.0. The lowest BCUT2D eigenvalue weighted by molar-refractivity contribution is -0.133. The Bertz CT molecular complexity index is 1080. The molecule has 0 aliphatic heterocycles. The number of carbonyl (C=O) groups excluding carboxylic acids is 1. The largest absolute Gasteiger partial charge is 0.481 e. The zero-order valence-corrected chi connectivity index (χ0v) is 19.1. The lowest BCUT2D eigenvalue weighted by Crippen LogP contribution is -2.28. The van der Waals surface area contributed by atoms with Gasteiger partial charge >= 0.3 is 5.97 Å². The zero-order valence-electron chi connectivity index (χ0n) is 18.3. The van der Waals surface area contributed by atoms with E-state index in [1.807, 2.05) is 31.2 Å². The van der Waals surface area contributed by atoms with E-state index in [2.05, 4.69) is 29.5 Å². The maximum Gasteiger partial charge on any atom is 0.313 e. The van der Waals surface area contributed by atoms with Crippen LogP contribution in [-0.4, -0.2) is 37.6 Å². The summed E-state index contributed by atoms with van der Waals surface area (Å²) in [6, 6.07) is 15.0. The number of aliphatic carboxylic acids is 1. The third kappa shape index (κ3) is 5.88. The van der Waals surface area contributed by atoms with Crippen LogP contribution in [0.25, 0.3) is 11.4 Å². The number of thioether (sulfide) groups is 1. The van der Waals surface area contributed by atoms with Crippen molar-refractivity contribution in [1.29, 1.82) is 0 Å². The van der Waals surface area contributed by atoms with Gasteiger partial charge in [-0.25, -0.2) is 4.68 Å². The maximum absolute atomic E-state index is 13.1. The van der Waals surface area contributed by atoms with Crippen LogP contribution >= 0.6 is 11.8 Å². The average molecular weight is 454 g/mol. The van der Waals surface area contributed by atoms with Crippen LogP contribution in [0, 0.1) is 5.92 Å². The molecule has 1 unspecified atom stereocenters. The Morgan fingerprint density at radius 2 is 1.72 bits per heavy atom. The molecule has 0 saturated carbocycles. The van der Waals surface area contributed by atoms with Gasteiger partial charge < -0.3 is 10.8 Å². The van der Waals surface area contributed by atoms with Gasteiger partial charge in [0.2, 0.25) is 11.1 Å². The van der Waals surface area contributed by atoms with Gasteiger partial charge in [0, 0.05) is 11.3 Å². The molecule has 0 radical (unpaired) electrons. The molecule has 168 valence electrons. The number of nitrogen functional groups attached to an aromatic ring is 1. The molecule has 3 aromatic rings. The van der Waals surface area contributed by atoms with Crippen LogP contribution in [0.1, 0.15) is 37.8 Å². The van der Waals surface area contributed by atoms with Gasteiger partial charge in [0.05, 0.1) is 11.7 Å². The topological polar surface area (TPSA) is 123 Å². The Labute approximate surface area is 191 Å². The molecular formula is C23H27N5O3S. The van der Waals surface area contributed by atoms with Crippen molar-refractivity contribution in [2.45, 2.75) is 38.3 Å². The third-order valence-corrected chi connectivity index (χ3v) is 5.78. The number of nitrogens with zero attached hydrogens (tertiary/aromatic N) is 3. The van der Waals surface area contributed by atoms with Crippen LogP contribution in [0.3, 0.4) is 0 Å². The minimum Gasteiger partial charge on any atom is -0.481 e. The molecule has 9 heteroatoms. The Kier molecular flexibility index (Phi) is 7.53. The van der Waals surface area contributed by atoms with E-state index in [0.717, 1.165) is 23.7 Å². The van der Waals surface area contributed by atoms with E-state index >= 15 is 0 Å². The predicted octanol–water partition coefficient (Wildman–Crippen LogP) is 3.78. The Hall–Kier alpha value is -3.33. The van der Waals surface area contributed by atoms with Crippen molar-refractivity contribution >= 4 is 29.3 Å². The van der Waals surface area contributed by atoms with Crippen molar-refractivity contribution < 1.29 is 14.7 Å². The molecule has 0 spiro atoms. The van der Waals surface area contributed by atoms with Gasteiger partial charge in [0.1, 0.15) is 0 Å². The molecule has 0 bridgehead atoms. The lowest BCUT2D eigenvalue weighted by atomic mass is 9.96. The second-order valence-corrected chi connectivity index (χ2v) is 8.93. The number of carboxylic acids is 1. The Morgan fingerprint density at radius 3 is 2.31 bits per heavy atom. The summed E-state index contributed by atoms with van der Waals surface area (Å²) < 4.78 is 1.44. The highest BCUT2D eigenvalue weighted by Crippen LogP contribution is 2.25. The first-order valence-corrected chi connectivity index (χ1v) is 11.3. The van der Waals surface area contributed by atoms with E-state index in [1.54, 1.807) is 24.3 Å². The summed E-state index contributed by atoms with van der Waals surface area (Å²) in [4.78, 5) is 24.1. The van der Waals surface area contributed by atoms with Crippen molar-refractivity contribution in [2.24, 2.45) is 5.92 Å². The number of rotatable bonds is 9. The van der Waals surface area contributed by atoms with Gasteiger partial charge in [0.15, 0.2) is 5.82 Å². The quantitative estimate of drug-likeness (QED) is 0.333. The molecule has 1 aromatic heterocycles. The number of nitrogens with two attached hydrogens (primary N) is 1. The molecule has 1 heterocycles. The van der Waals surface area contributed by atoms with Crippen LogP contribution in [0.15, 0.2) is 53.7 Å². The van der Waals surface area contributed by atoms with Crippen LogP contribution in [0.4, 0.5) is 5.69 Å². The smallest absolute Gasteiger partial charge is 0.313 e. The summed E-state index contributed by atoms with van der Waals surface area (Å²) >= 11 is 0.981. The highest BCUT2D eigenvalue weighted by molar-refractivity contribution is 7.99. The molecule has 3 rings (SSSR count). The summed E-state index contributed by atoms with van der Waals surface area (Å²) in [5.74, 6) is -0.922. The SMILES string of the molecule is CC(C)Cc1ccc(C(C)C(=O)Nn2c(SCC(=O)O)nnc2-c2ccc(N)cc2)cc1. The van der Waals surface area contributed by atoms with Crippen LogP contribution in [0.2, 0.25) is 0 Å². The molecule has 2 aromatic carbocycles. The van der Waals surface area contributed by atoms with Crippen molar-refractivity contribution in [3.05, 3.63) is 59.7 Å². The maximum atomic E-state index is 13.1. The molecule has 32 heavy (non-hydrogen) atoms. The molecule has 0 aliphatic carbocycles. The molecule has 8 nitrogen and oxygen atoms in total. The highest BCUT2D eigenvalue weighted by atomic mass is 32.2. The summed E-state index contributed by atoms with van der Waals surface area (Å²) in [6.07, 6.45) is 0.983. The number of carbonyl (C=O) groups is 2. The first kappa shape index (κ1) is 23.3. The van der Waals surface area contributed by atoms with Gasteiger partial charge in [-0.3, -0.25) is 15.0 Å². The minimum atomic E-state index is -0.986. The first-order chi connectivity index (χ1) is 15.2. The molecular weight excluding hydrogens is 426 g/mol. The van der Waals surface area contributed by atoms with E-state index in [9.17, 15) is 9.59 Å². The van der Waals surface area contributed by atoms with Crippen LogP contribution in [-0.2, 0) is 16.0 Å². The van der Waals surface area contributed by atoms with Gasteiger partial charge in [-0.15, -0.1) is 10.2 Å².